The third kappa shape index (κ3) is 5.58. The molecule has 0 aromatic rings. The molecule has 0 saturated carbocycles. The van der Waals surface area contributed by atoms with Gasteiger partial charge in [-0.15, -0.1) is 10.5 Å². The molecule has 0 radical (unpaired) electrons. The molecule has 2 rings (SSSR count). The second kappa shape index (κ2) is 9.44. The van der Waals surface area contributed by atoms with E-state index in [1.807, 2.05) is 38.2 Å². The van der Waals surface area contributed by atoms with Crippen molar-refractivity contribution >= 4 is 0 Å². The van der Waals surface area contributed by atoms with Crippen molar-refractivity contribution in [2.75, 3.05) is 0 Å². The van der Waals surface area contributed by atoms with Gasteiger partial charge in [-0.1, -0.05) is 37.1 Å². The molecular weight excluding hydrogens is 264 g/mol. The number of allylic oxidation sites excluding steroid dienone is 8. The van der Waals surface area contributed by atoms with Crippen LogP contribution in [0, 0.1) is 23.0 Å². The second-order valence-electron chi connectivity index (χ2n) is 4.48. The average Bonchev–Trinajstić information content (AvgIpc) is 2.54. The zero-order valence-electron chi connectivity index (χ0n) is 12.6. The van der Waals surface area contributed by atoms with Gasteiger partial charge in [-0.25, -0.2) is 0 Å². The molecule has 0 aromatic carbocycles. The molecule has 0 aromatic heterocycles. The molecule has 4 heteroatoms. The molecule has 0 amide bonds. The largest absolute Gasteiger partial charge is 0.393 e. The molecule has 4 nitrogen and oxygen atoms in total. The van der Waals surface area contributed by atoms with E-state index in [1.165, 1.54) is 11.1 Å². The van der Waals surface area contributed by atoms with Gasteiger partial charge in [0.1, 0.15) is 11.5 Å². The Hall–Kier alpha value is -2.46. The van der Waals surface area contributed by atoms with Crippen molar-refractivity contribution in [3.05, 3.63) is 47.0 Å². The van der Waals surface area contributed by atoms with Crippen LogP contribution in [0.4, 0.5) is 0 Å². The first-order valence-corrected chi connectivity index (χ1v) is 7.21. The minimum absolute atomic E-state index is 0.730. The summed E-state index contributed by atoms with van der Waals surface area (Å²) >= 11 is 0. The van der Waals surface area contributed by atoms with Crippen molar-refractivity contribution in [2.24, 2.45) is 0 Å². The minimum atomic E-state index is 0.730. The van der Waals surface area contributed by atoms with E-state index in [1.54, 1.807) is 12.5 Å². The predicted octanol–water partition coefficient (Wildman–Crippen LogP) is 4.61. The summed E-state index contributed by atoms with van der Waals surface area (Å²) < 4.78 is 9.63. The topological polar surface area (TPSA) is 66.0 Å². The van der Waals surface area contributed by atoms with Crippen LogP contribution >= 0.6 is 0 Å². The van der Waals surface area contributed by atoms with E-state index in [0.717, 1.165) is 43.6 Å². The number of nitriles is 2. The average molecular weight is 284 g/mol. The maximum Gasteiger partial charge on any atom is 0.291 e. The van der Waals surface area contributed by atoms with Gasteiger partial charge in [0.2, 0.25) is 0 Å². The highest BCUT2D eigenvalue weighted by Crippen LogP contribution is 2.28. The standard InChI is InChI=1S/C15H14N2O2.C2H6/c16-10-18-14-5-1-12(2-6-14)9-13-3-7-15(8-4-13)19-11-17;1-2/h1,3,5,7H,2,4,6,8-9H2;1-2H3. The summed E-state index contributed by atoms with van der Waals surface area (Å²) in [7, 11) is 0. The summed E-state index contributed by atoms with van der Waals surface area (Å²) in [5.41, 5.74) is 2.68. The maximum atomic E-state index is 8.43. The van der Waals surface area contributed by atoms with Crippen molar-refractivity contribution in [1.29, 1.82) is 10.5 Å². The van der Waals surface area contributed by atoms with Gasteiger partial charge in [0.15, 0.2) is 0 Å². The lowest BCUT2D eigenvalue weighted by Gasteiger charge is -2.16. The van der Waals surface area contributed by atoms with Gasteiger partial charge in [0.05, 0.1) is 0 Å². The molecule has 2 aliphatic rings. The number of rotatable bonds is 4. The van der Waals surface area contributed by atoms with Crippen LogP contribution in [-0.4, -0.2) is 0 Å². The minimum Gasteiger partial charge on any atom is -0.393 e. The van der Waals surface area contributed by atoms with Crippen molar-refractivity contribution < 1.29 is 9.47 Å². The van der Waals surface area contributed by atoms with Gasteiger partial charge >= 0.3 is 0 Å². The van der Waals surface area contributed by atoms with E-state index in [-0.39, 0.29) is 0 Å². The Morgan fingerprint density at radius 2 is 1.24 bits per heavy atom. The van der Waals surface area contributed by atoms with E-state index in [9.17, 15) is 0 Å². The van der Waals surface area contributed by atoms with Gasteiger partial charge in [-0.05, 0) is 31.4 Å². The maximum absolute atomic E-state index is 8.43. The van der Waals surface area contributed by atoms with Gasteiger partial charge < -0.3 is 9.47 Å². The second-order valence-corrected chi connectivity index (χ2v) is 4.48. The van der Waals surface area contributed by atoms with Crippen molar-refractivity contribution in [3.63, 3.8) is 0 Å². The summed E-state index contributed by atoms with van der Waals surface area (Å²) in [5.74, 6) is 1.46. The summed E-state index contributed by atoms with van der Waals surface area (Å²) in [6.45, 7) is 4.00. The molecule has 110 valence electrons. The first kappa shape index (κ1) is 16.6. The number of ether oxygens (including phenoxy) is 2. The molecule has 2 aliphatic carbocycles. The van der Waals surface area contributed by atoms with Gasteiger partial charge in [0.25, 0.3) is 12.5 Å². The Bertz CT molecular complexity index is 504. The quantitative estimate of drug-likeness (QED) is 0.707. The predicted molar refractivity (Wildman–Crippen MR) is 80.2 cm³/mol. The number of hydrogen-bond donors (Lipinski definition) is 0. The third-order valence-electron chi connectivity index (χ3n) is 3.20. The molecule has 0 bridgehead atoms. The molecular formula is C17H20N2O2. The zero-order valence-corrected chi connectivity index (χ0v) is 12.6. The summed E-state index contributed by atoms with van der Waals surface area (Å²) in [4.78, 5) is 0. The summed E-state index contributed by atoms with van der Waals surface area (Å²) in [6, 6.07) is 0. The van der Waals surface area contributed by atoms with Gasteiger partial charge in [-0.3, -0.25) is 0 Å². The van der Waals surface area contributed by atoms with E-state index >= 15 is 0 Å². The summed E-state index contributed by atoms with van der Waals surface area (Å²) in [5, 5.41) is 16.9. The van der Waals surface area contributed by atoms with Crippen LogP contribution in [0.1, 0.15) is 46.0 Å². The van der Waals surface area contributed by atoms with Gasteiger partial charge in [-0.2, -0.15) is 0 Å². The highest BCUT2D eigenvalue weighted by molar-refractivity contribution is 5.29. The Kier molecular flexibility index (Phi) is 7.46. The Balaban J connectivity index is 0.00000106. The molecule has 0 N–H and O–H groups in total. The fourth-order valence-electron chi connectivity index (χ4n) is 2.20. The molecule has 0 unspecified atom stereocenters. The molecule has 0 fully saturated rings. The number of hydrogen-bond acceptors (Lipinski definition) is 4. The van der Waals surface area contributed by atoms with Crippen molar-refractivity contribution in [3.8, 4) is 12.5 Å². The van der Waals surface area contributed by atoms with Crippen LogP contribution in [0.15, 0.2) is 47.0 Å². The molecule has 21 heavy (non-hydrogen) atoms. The van der Waals surface area contributed by atoms with Crippen LogP contribution in [0.25, 0.3) is 0 Å². The molecule has 0 spiro atoms. The van der Waals surface area contributed by atoms with Gasteiger partial charge in [0, 0.05) is 12.8 Å². The lowest BCUT2D eigenvalue weighted by atomic mass is 9.92. The molecule has 0 heterocycles. The highest BCUT2D eigenvalue weighted by Gasteiger charge is 2.12. The van der Waals surface area contributed by atoms with Crippen LogP contribution in [-0.2, 0) is 9.47 Å². The lowest BCUT2D eigenvalue weighted by Crippen LogP contribution is -2.00. The van der Waals surface area contributed by atoms with Crippen LogP contribution in [0.5, 0.6) is 0 Å². The Morgan fingerprint density at radius 3 is 1.52 bits per heavy atom. The van der Waals surface area contributed by atoms with Crippen molar-refractivity contribution in [2.45, 2.75) is 46.0 Å². The number of nitrogens with zero attached hydrogens (tertiary/aromatic N) is 2. The fourth-order valence-corrected chi connectivity index (χ4v) is 2.20. The highest BCUT2D eigenvalue weighted by atomic mass is 16.5. The van der Waals surface area contributed by atoms with Crippen molar-refractivity contribution in [1.82, 2.24) is 0 Å². The fraction of sp³-hybridized carbons (Fsp3) is 0.412. The first-order valence-electron chi connectivity index (χ1n) is 7.21. The van der Waals surface area contributed by atoms with E-state index in [2.05, 4.69) is 0 Å². The van der Waals surface area contributed by atoms with E-state index in [4.69, 9.17) is 20.0 Å². The smallest absolute Gasteiger partial charge is 0.291 e. The zero-order chi connectivity index (χ0) is 15.5. The molecule has 0 atom stereocenters. The van der Waals surface area contributed by atoms with E-state index < -0.39 is 0 Å². The van der Waals surface area contributed by atoms with E-state index in [0.29, 0.717) is 0 Å². The SMILES string of the molecule is CC.N#COC1=CC=C(CC2=CC=C(OC#N)CC2)CC1. The normalized spacial score (nSPS) is 16.6. The molecule has 0 aliphatic heterocycles. The monoisotopic (exact) mass is 284 g/mol. The lowest BCUT2D eigenvalue weighted by molar-refractivity contribution is 0.351. The van der Waals surface area contributed by atoms with Crippen LogP contribution < -0.4 is 0 Å². The Labute approximate surface area is 126 Å². The first-order chi connectivity index (χ1) is 10.3. The summed E-state index contributed by atoms with van der Waals surface area (Å²) in [6.07, 6.45) is 15.5. The molecule has 0 saturated heterocycles. The Morgan fingerprint density at radius 1 is 0.810 bits per heavy atom. The van der Waals surface area contributed by atoms with Crippen LogP contribution in [0.2, 0.25) is 0 Å². The van der Waals surface area contributed by atoms with Crippen LogP contribution in [0.3, 0.4) is 0 Å². The third-order valence-corrected chi connectivity index (χ3v) is 3.20.